The van der Waals surface area contributed by atoms with E-state index < -0.39 is 23.7 Å². The number of urea groups is 1. The molecule has 2 aromatic carbocycles. The number of hydrogen-bond donors (Lipinski definition) is 3. The summed E-state index contributed by atoms with van der Waals surface area (Å²) in [6, 6.07) is 12.8. The van der Waals surface area contributed by atoms with Crippen LogP contribution < -0.4 is 21.9 Å². The molecule has 5 rings (SSSR count). The number of nitrogens with zero attached hydrogens (tertiary/aromatic N) is 5. The fourth-order valence-corrected chi connectivity index (χ4v) is 4.13. The third kappa shape index (κ3) is 4.93. The van der Waals surface area contributed by atoms with Gasteiger partial charge in [0.15, 0.2) is 5.69 Å². The van der Waals surface area contributed by atoms with Crippen LogP contribution in [-0.4, -0.2) is 30.3 Å². The topological polar surface area (TPSA) is 133 Å². The normalized spacial score (nSPS) is 11.6. The first-order chi connectivity index (χ1) is 18.9. The number of aryl methyl sites for hydroxylation is 2. The van der Waals surface area contributed by atoms with Crippen LogP contribution in [0.25, 0.3) is 28.0 Å². The van der Waals surface area contributed by atoms with Gasteiger partial charge in [0.25, 0.3) is 5.56 Å². The summed E-state index contributed by atoms with van der Waals surface area (Å²) in [5.74, 6) is -1.23. The largest absolute Gasteiger partial charge is 0.435 e. The molecule has 0 fully saturated rings. The molecule has 0 bridgehead atoms. The van der Waals surface area contributed by atoms with Crippen LogP contribution in [0.3, 0.4) is 0 Å². The number of aromatic nitrogens is 5. The first-order valence-electron chi connectivity index (χ1n) is 11.7. The van der Waals surface area contributed by atoms with Crippen molar-refractivity contribution >= 4 is 34.5 Å². The van der Waals surface area contributed by atoms with Gasteiger partial charge in [0.1, 0.15) is 17.3 Å². The van der Waals surface area contributed by atoms with Crippen molar-refractivity contribution < 1.29 is 22.4 Å². The lowest BCUT2D eigenvalue weighted by molar-refractivity contribution is -0.141. The number of carbonyl (C=O) groups is 1. The van der Waals surface area contributed by atoms with Crippen molar-refractivity contribution in [3.8, 4) is 16.9 Å². The number of para-hydroxylation sites is 1. The number of rotatable bonds is 4. The van der Waals surface area contributed by atoms with E-state index in [1.54, 1.807) is 25.1 Å². The smallest absolute Gasteiger partial charge is 0.368 e. The molecule has 0 saturated carbocycles. The molecule has 0 spiro atoms. The van der Waals surface area contributed by atoms with Crippen LogP contribution in [0.4, 0.5) is 39.8 Å². The van der Waals surface area contributed by atoms with Gasteiger partial charge in [-0.1, -0.05) is 18.2 Å². The van der Waals surface area contributed by atoms with Crippen LogP contribution >= 0.6 is 0 Å². The molecule has 0 atom stereocenters. The Kier molecular flexibility index (Phi) is 6.45. The van der Waals surface area contributed by atoms with E-state index in [2.05, 4.69) is 25.7 Å². The Morgan fingerprint density at radius 1 is 1.00 bits per heavy atom. The number of nitrogen functional groups attached to an aromatic ring is 1. The number of fused-ring (bicyclic) bond motifs is 1. The van der Waals surface area contributed by atoms with Gasteiger partial charge >= 0.3 is 12.2 Å². The quantitative estimate of drug-likeness (QED) is 0.273. The predicted octanol–water partition coefficient (Wildman–Crippen LogP) is 4.87. The van der Waals surface area contributed by atoms with Crippen molar-refractivity contribution in [3.63, 3.8) is 0 Å². The molecular weight excluding hydrogens is 532 g/mol. The number of nitrogens with two attached hydrogens (primary N) is 1. The summed E-state index contributed by atoms with van der Waals surface area (Å²) in [6.07, 6.45) is -4.77. The van der Waals surface area contributed by atoms with Gasteiger partial charge in [-0.3, -0.25) is 14.7 Å². The minimum absolute atomic E-state index is 0.130. The maximum Gasteiger partial charge on any atom is 0.435 e. The average Bonchev–Trinajstić information content (AvgIpc) is 3.32. The summed E-state index contributed by atoms with van der Waals surface area (Å²) < 4.78 is 57.3. The Morgan fingerprint density at radius 3 is 2.42 bits per heavy atom. The summed E-state index contributed by atoms with van der Waals surface area (Å²) in [6.45, 7) is 1.62. The van der Waals surface area contributed by atoms with Crippen LogP contribution in [0, 0.1) is 12.7 Å². The van der Waals surface area contributed by atoms with Crippen molar-refractivity contribution in [2.45, 2.75) is 13.1 Å². The van der Waals surface area contributed by atoms with E-state index in [9.17, 15) is 27.2 Å². The standard InChI is InChI=1S/C26H20F4N8O2/c1-13-10-17(27)18(11-16(13)22-15-8-9-21(39)37(2)23(15)35-24(31)34-22)32-25(40)33-20-12-19(26(28,29)30)36-38(20)14-6-4-3-5-7-14/h3-12H,1-2H3,(H2,31,34,35)(H2,32,33,40). The SMILES string of the molecule is Cc1cc(F)c(NC(=O)Nc2cc(C(F)(F)F)nn2-c2ccccc2)cc1-c1nc(N)nc2c1ccc(=O)n2C. The van der Waals surface area contributed by atoms with E-state index in [0.29, 0.717) is 22.6 Å². The van der Waals surface area contributed by atoms with Crippen molar-refractivity contribution in [3.05, 3.63) is 88.1 Å². The molecule has 5 aromatic rings. The van der Waals surface area contributed by atoms with Crippen LogP contribution in [-0.2, 0) is 13.2 Å². The first kappa shape index (κ1) is 26.3. The van der Waals surface area contributed by atoms with Gasteiger partial charge in [-0.15, -0.1) is 0 Å². The molecule has 0 aliphatic heterocycles. The number of halogens is 4. The monoisotopic (exact) mass is 552 g/mol. The first-order valence-corrected chi connectivity index (χ1v) is 11.7. The van der Waals surface area contributed by atoms with Gasteiger partial charge < -0.3 is 11.1 Å². The van der Waals surface area contributed by atoms with Gasteiger partial charge in [0, 0.05) is 30.1 Å². The summed E-state index contributed by atoms with van der Waals surface area (Å²) in [7, 11) is 1.51. The number of carbonyl (C=O) groups excluding carboxylic acids is 1. The van der Waals surface area contributed by atoms with E-state index >= 15 is 0 Å². The molecule has 2 amide bonds. The number of pyridine rings is 1. The Balaban J connectivity index is 1.52. The minimum atomic E-state index is -4.77. The zero-order valence-corrected chi connectivity index (χ0v) is 20.9. The fourth-order valence-electron chi connectivity index (χ4n) is 4.13. The van der Waals surface area contributed by atoms with Gasteiger partial charge in [-0.25, -0.2) is 18.9 Å². The van der Waals surface area contributed by atoms with E-state index in [1.165, 1.54) is 41.9 Å². The highest BCUT2D eigenvalue weighted by Crippen LogP contribution is 2.33. The summed E-state index contributed by atoms with van der Waals surface area (Å²) in [5.41, 5.74) is 5.67. The highest BCUT2D eigenvalue weighted by molar-refractivity contribution is 6.00. The number of nitrogens with one attached hydrogen (secondary N) is 2. The van der Waals surface area contributed by atoms with Gasteiger partial charge in [0.05, 0.1) is 17.1 Å². The van der Waals surface area contributed by atoms with Crippen LogP contribution in [0.2, 0.25) is 0 Å². The van der Waals surface area contributed by atoms with Crippen molar-refractivity contribution in [1.82, 2.24) is 24.3 Å². The minimum Gasteiger partial charge on any atom is -0.368 e. The zero-order chi connectivity index (χ0) is 28.8. The predicted molar refractivity (Wildman–Crippen MR) is 141 cm³/mol. The third-order valence-electron chi connectivity index (χ3n) is 6.04. The summed E-state index contributed by atoms with van der Waals surface area (Å²) >= 11 is 0. The second-order valence-electron chi connectivity index (χ2n) is 8.78. The molecule has 10 nitrogen and oxygen atoms in total. The molecule has 40 heavy (non-hydrogen) atoms. The average molecular weight is 552 g/mol. The van der Waals surface area contributed by atoms with E-state index in [-0.39, 0.29) is 40.0 Å². The Bertz CT molecular complexity index is 1830. The van der Waals surface area contributed by atoms with Gasteiger partial charge in [0.2, 0.25) is 5.95 Å². The lowest BCUT2D eigenvalue weighted by Crippen LogP contribution is -2.22. The Labute approximate surface area is 223 Å². The highest BCUT2D eigenvalue weighted by atomic mass is 19.4. The molecule has 3 heterocycles. The number of alkyl halides is 3. The maximum absolute atomic E-state index is 14.9. The summed E-state index contributed by atoms with van der Waals surface area (Å²) in [4.78, 5) is 33.4. The van der Waals surface area contributed by atoms with Crippen LogP contribution in [0.15, 0.2) is 65.5 Å². The number of anilines is 3. The fraction of sp³-hybridized carbons (Fsp3) is 0.115. The highest BCUT2D eigenvalue weighted by Gasteiger charge is 2.35. The molecule has 14 heteroatoms. The summed E-state index contributed by atoms with van der Waals surface area (Å²) in [5, 5.41) is 8.65. The molecular formula is C26H20F4N8O2. The maximum atomic E-state index is 14.9. The molecule has 0 aliphatic rings. The molecule has 3 aromatic heterocycles. The van der Waals surface area contributed by atoms with Crippen molar-refractivity contribution in [2.24, 2.45) is 7.05 Å². The van der Waals surface area contributed by atoms with Crippen LogP contribution in [0.1, 0.15) is 11.3 Å². The number of amides is 2. The van der Waals surface area contributed by atoms with E-state index in [0.717, 1.165) is 10.7 Å². The Hall–Kier alpha value is -5.27. The molecule has 0 saturated heterocycles. The zero-order valence-electron chi connectivity index (χ0n) is 20.9. The second kappa shape index (κ2) is 9.80. The molecule has 4 N–H and O–H groups in total. The number of benzene rings is 2. The van der Waals surface area contributed by atoms with Gasteiger partial charge in [-0.2, -0.15) is 23.3 Å². The lowest BCUT2D eigenvalue weighted by Gasteiger charge is -2.15. The van der Waals surface area contributed by atoms with Crippen molar-refractivity contribution in [1.29, 1.82) is 0 Å². The molecule has 0 aliphatic carbocycles. The van der Waals surface area contributed by atoms with Crippen LogP contribution in [0.5, 0.6) is 0 Å². The van der Waals surface area contributed by atoms with Crippen molar-refractivity contribution in [2.75, 3.05) is 16.4 Å². The lowest BCUT2D eigenvalue weighted by atomic mass is 10.0. The third-order valence-corrected chi connectivity index (χ3v) is 6.04. The van der Waals surface area contributed by atoms with E-state index in [4.69, 9.17) is 5.73 Å². The van der Waals surface area contributed by atoms with Gasteiger partial charge in [-0.05, 0) is 42.8 Å². The van der Waals surface area contributed by atoms with E-state index in [1.807, 2.05) is 0 Å². The Morgan fingerprint density at radius 2 is 1.73 bits per heavy atom. The molecule has 0 unspecified atom stereocenters. The number of hydrogen-bond acceptors (Lipinski definition) is 6. The molecule has 0 radical (unpaired) electrons. The second-order valence-corrected chi connectivity index (χ2v) is 8.78. The molecule has 204 valence electrons.